The maximum Gasteiger partial charge on any atom is 0.573 e. The number of nitrogens with one attached hydrogen (secondary N) is 1. The van der Waals surface area contributed by atoms with Crippen LogP contribution in [0.5, 0.6) is 11.5 Å². The Morgan fingerprint density at radius 1 is 1.11 bits per heavy atom. The van der Waals surface area contributed by atoms with E-state index in [1.807, 2.05) is 13.8 Å². The molecule has 0 aliphatic rings. The van der Waals surface area contributed by atoms with Crippen molar-refractivity contribution >= 4 is 0 Å². The zero-order valence-corrected chi connectivity index (χ0v) is 11.2. The van der Waals surface area contributed by atoms with E-state index in [0.29, 0.717) is 13.0 Å². The van der Waals surface area contributed by atoms with Gasteiger partial charge in [-0.2, -0.15) is 0 Å². The quantitative estimate of drug-likeness (QED) is 0.865. The Kier molecular flexibility index (Phi) is 5.05. The number of ether oxygens (including phenoxy) is 2. The summed E-state index contributed by atoms with van der Waals surface area (Å²) in [6.07, 6.45) is -4.08. The zero-order valence-electron chi connectivity index (χ0n) is 11.2. The summed E-state index contributed by atoms with van der Waals surface area (Å²) in [7, 11) is 1.76. The molecule has 1 atom stereocenters. The van der Waals surface area contributed by atoms with E-state index in [1.54, 1.807) is 13.1 Å². The van der Waals surface area contributed by atoms with Gasteiger partial charge >= 0.3 is 6.36 Å². The van der Waals surface area contributed by atoms with Gasteiger partial charge in [0.1, 0.15) is 5.60 Å². The summed E-state index contributed by atoms with van der Waals surface area (Å²) in [5, 5.41) is 2.96. The molecule has 1 rings (SSSR count). The van der Waals surface area contributed by atoms with E-state index in [1.165, 1.54) is 18.2 Å². The van der Waals surface area contributed by atoms with Gasteiger partial charge in [-0.3, -0.25) is 0 Å². The zero-order chi connectivity index (χ0) is 14.5. The van der Waals surface area contributed by atoms with Crippen LogP contribution in [0.1, 0.15) is 20.3 Å². The van der Waals surface area contributed by atoms with Gasteiger partial charge in [-0.05, 0) is 32.5 Å². The highest BCUT2D eigenvalue weighted by Gasteiger charge is 2.33. The molecule has 19 heavy (non-hydrogen) atoms. The van der Waals surface area contributed by atoms with Gasteiger partial charge in [0.15, 0.2) is 11.5 Å². The minimum Gasteiger partial charge on any atom is -0.482 e. The maximum atomic E-state index is 12.3. The second-order valence-corrected chi connectivity index (χ2v) is 4.43. The summed E-state index contributed by atoms with van der Waals surface area (Å²) in [5.74, 6) is -0.245. The Bertz CT molecular complexity index is 409. The van der Waals surface area contributed by atoms with E-state index in [2.05, 4.69) is 10.1 Å². The van der Waals surface area contributed by atoms with Gasteiger partial charge in [0.2, 0.25) is 0 Å². The normalized spacial score (nSPS) is 14.8. The lowest BCUT2D eigenvalue weighted by Crippen LogP contribution is -2.41. The Labute approximate surface area is 110 Å². The third-order valence-corrected chi connectivity index (χ3v) is 2.73. The molecule has 0 spiro atoms. The highest BCUT2D eigenvalue weighted by atomic mass is 19.4. The first kappa shape index (κ1) is 15.6. The van der Waals surface area contributed by atoms with Crippen LogP contribution < -0.4 is 14.8 Å². The van der Waals surface area contributed by atoms with Crippen molar-refractivity contribution in [3.63, 3.8) is 0 Å². The fourth-order valence-corrected chi connectivity index (χ4v) is 1.62. The largest absolute Gasteiger partial charge is 0.573 e. The summed E-state index contributed by atoms with van der Waals surface area (Å²) in [4.78, 5) is 0. The van der Waals surface area contributed by atoms with Crippen molar-refractivity contribution in [1.29, 1.82) is 0 Å². The van der Waals surface area contributed by atoms with Gasteiger partial charge in [-0.1, -0.05) is 19.1 Å². The SMILES string of the molecule is CCC(C)(CNC)Oc1ccccc1OC(F)(F)F. The van der Waals surface area contributed by atoms with Crippen LogP contribution in [-0.4, -0.2) is 25.6 Å². The van der Waals surface area contributed by atoms with Crippen LogP contribution in [0.2, 0.25) is 0 Å². The average molecular weight is 277 g/mol. The first-order valence-electron chi connectivity index (χ1n) is 5.98. The fourth-order valence-electron chi connectivity index (χ4n) is 1.62. The topological polar surface area (TPSA) is 30.5 Å². The molecular weight excluding hydrogens is 259 g/mol. The van der Waals surface area contributed by atoms with Crippen molar-refractivity contribution in [2.45, 2.75) is 32.2 Å². The number of hydrogen-bond acceptors (Lipinski definition) is 3. The lowest BCUT2D eigenvalue weighted by Gasteiger charge is -2.30. The molecule has 6 heteroatoms. The van der Waals surface area contributed by atoms with Crippen molar-refractivity contribution in [3.05, 3.63) is 24.3 Å². The van der Waals surface area contributed by atoms with Crippen LogP contribution in [0.4, 0.5) is 13.2 Å². The van der Waals surface area contributed by atoms with Gasteiger partial charge in [-0.25, -0.2) is 0 Å². The van der Waals surface area contributed by atoms with E-state index >= 15 is 0 Å². The summed E-state index contributed by atoms with van der Waals surface area (Å²) in [6, 6.07) is 5.77. The molecule has 108 valence electrons. The van der Waals surface area contributed by atoms with Crippen LogP contribution in [-0.2, 0) is 0 Å². The minimum atomic E-state index is -4.73. The molecule has 0 aromatic heterocycles. The van der Waals surface area contributed by atoms with E-state index in [0.717, 1.165) is 0 Å². The maximum absolute atomic E-state index is 12.3. The van der Waals surface area contributed by atoms with Gasteiger partial charge < -0.3 is 14.8 Å². The fraction of sp³-hybridized carbons (Fsp3) is 0.538. The van der Waals surface area contributed by atoms with Gasteiger partial charge in [-0.15, -0.1) is 13.2 Å². The molecule has 0 saturated carbocycles. The van der Waals surface area contributed by atoms with Crippen molar-refractivity contribution < 1.29 is 22.6 Å². The van der Waals surface area contributed by atoms with E-state index in [-0.39, 0.29) is 11.5 Å². The molecule has 0 fully saturated rings. The predicted molar refractivity (Wildman–Crippen MR) is 66.4 cm³/mol. The van der Waals surface area contributed by atoms with Crippen LogP contribution in [0.3, 0.4) is 0 Å². The summed E-state index contributed by atoms with van der Waals surface area (Å²) in [5.41, 5.74) is -0.597. The van der Waals surface area contributed by atoms with Gasteiger partial charge in [0.25, 0.3) is 0 Å². The Hall–Kier alpha value is -1.43. The van der Waals surface area contributed by atoms with Gasteiger partial charge in [0, 0.05) is 6.54 Å². The highest BCUT2D eigenvalue weighted by Crippen LogP contribution is 2.34. The molecule has 0 aliphatic heterocycles. The monoisotopic (exact) mass is 277 g/mol. The molecular formula is C13H18F3NO2. The van der Waals surface area contributed by atoms with E-state index in [9.17, 15) is 13.2 Å². The molecule has 0 heterocycles. The summed E-state index contributed by atoms with van der Waals surface area (Å²) < 4.78 is 46.5. The number of likely N-dealkylation sites (N-methyl/N-ethyl adjacent to an activating group) is 1. The number of alkyl halides is 3. The summed E-state index contributed by atoms with van der Waals surface area (Å²) in [6.45, 7) is 4.25. The smallest absolute Gasteiger partial charge is 0.482 e. The lowest BCUT2D eigenvalue weighted by molar-refractivity contribution is -0.275. The van der Waals surface area contributed by atoms with Crippen molar-refractivity contribution in [1.82, 2.24) is 5.32 Å². The number of para-hydroxylation sites is 2. The molecule has 0 bridgehead atoms. The van der Waals surface area contributed by atoms with E-state index < -0.39 is 12.0 Å². The first-order valence-corrected chi connectivity index (χ1v) is 5.98. The second-order valence-electron chi connectivity index (χ2n) is 4.43. The Balaban J connectivity index is 2.94. The van der Waals surface area contributed by atoms with Crippen molar-refractivity contribution in [2.24, 2.45) is 0 Å². The van der Waals surface area contributed by atoms with Crippen LogP contribution in [0, 0.1) is 0 Å². The average Bonchev–Trinajstić information content (AvgIpc) is 2.30. The lowest BCUT2D eigenvalue weighted by atomic mass is 10.0. The standard InChI is InChI=1S/C13H18F3NO2/c1-4-12(2,9-17-3)18-10-7-5-6-8-11(10)19-13(14,15)16/h5-8,17H,4,9H2,1-3H3. The molecule has 1 aromatic carbocycles. The third-order valence-electron chi connectivity index (χ3n) is 2.73. The molecule has 0 radical (unpaired) electrons. The highest BCUT2D eigenvalue weighted by molar-refractivity contribution is 5.40. The van der Waals surface area contributed by atoms with Crippen molar-refractivity contribution in [2.75, 3.05) is 13.6 Å². The first-order chi connectivity index (χ1) is 8.79. The number of benzene rings is 1. The molecule has 0 aliphatic carbocycles. The number of halogens is 3. The number of rotatable bonds is 6. The number of hydrogen-bond donors (Lipinski definition) is 1. The van der Waals surface area contributed by atoms with Crippen molar-refractivity contribution in [3.8, 4) is 11.5 Å². The molecule has 3 nitrogen and oxygen atoms in total. The molecule has 0 saturated heterocycles. The van der Waals surface area contributed by atoms with Crippen LogP contribution in [0.25, 0.3) is 0 Å². The van der Waals surface area contributed by atoms with E-state index in [4.69, 9.17) is 4.74 Å². The molecule has 1 N–H and O–H groups in total. The third kappa shape index (κ3) is 4.98. The Morgan fingerprint density at radius 2 is 1.63 bits per heavy atom. The second kappa shape index (κ2) is 6.14. The van der Waals surface area contributed by atoms with Crippen LogP contribution in [0.15, 0.2) is 24.3 Å². The predicted octanol–water partition coefficient (Wildman–Crippen LogP) is 3.35. The van der Waals surface area contributed by atoms with Crippen LogP contribution >= 0.6 is 0 Å². The Morgan fingerprint density at radius 3 is 2.05 bits per heavy atom. The van der Waals surface area contributed by atoms with Gasteiger partial charge in [0.05, 0.1) is 0 Å². The molecule has 0 amide bonds. The molecule has 1 unspecified atom stereocenters. The minimum absolute atomic E-state index is 0.0828. The molecule has 1 aromatic rings. The summed E-state index contributed by atoms with van der Waals surface area (Å²) >= 11 is 0.